The Morgan fingerprint density at radius 2 is 2.15 bits per heavy atom. The van der Waals surface area contributed by atoms with Crippen molar-refractivity contribution in [3.63, 3.8) is 0 Å². The second kappa shape index (κ2) is 6.61. The number of carbonyl (C=O) groups is 1. The number of nitrogens with one attached hydrogen (secondary N) is 1. The van der Waals surface area contributed by atoms with Crippen LogP contribution >= 0.6 is 0 Å². The van der Waals surface area contributed by atoms with Gasteiger partial charge in [0.05, 0.1) is 11.3 Å². The van der Waals surface area contributed by atoms with E-state index in [1.807, 2.05) is 13.1 Å². The van der Waals surface area contributed by atoms with Gasteiger partial charge in [-0.1, -0.05) is 0 Å². The minimum Gasteiger partial charge on any atom is -0.399 e. The highest BCUT2D eigenvalue weighted by atomic mass is 16.5. The molecular formula is C15H23N3O2. The summed E-state index contributed by atoms with van der Waals surface area (Å²) >= 11 is 0. The molecule has 1 amide bonds. The van der Waals surface area contributed by atoms with Crippen LogP contribution in [-0.2, 0) is 4.74 Å². The van der Waals surface area contributed by atoms with Crippen molar-refractivity contribution in [2.24, 2.45) is 5.92 Å². The number of hydrogen-bond acceptors (Lipinski definition) is 4. The molecule has 0 radical (unpaired) electrons. The van der Waals surface area contributed by atoms with Crippen LogP contribution in [0.5, 0.6) is 0 Å². The topological polar surface area (TPSA) is 67.6 Å². The molecule has 0 bridgehead atoms. The van der Waals surface area contributed by atoms with Crippen LogP contribution in [0.3, 0.4) is 0 Å². The summed E-state index contributed by atoms with van der Waals surface area (Å²) in [5, 5.41) is 2.67. The Balaban J connectivity index is 2.16. The lowest BCUT2D eigenvalue weighted by atomic mass is 9.99. The quantitative estimate of drug-likeness (QED) is 0.818. The molecule has 110 valence electrons. The maximum Gasteiger partial charge on any atom is 0.253 e. The molecule has 0 aliphatic carbocycles. The van der Waals surface area contributed by atoms with Gasteiger partial charge in [-0.15, -0.1) is 0 Å². The highest BCUT2D eigenvalue weighted by Gasteiger charge is 2.19. The lowest BCUT2D eigenvalue weighted by Gasteiger charge is -2.29. The maximum absolute atomic E-state index is 11.9. The fourth-order valence-electron chi connectivity index (χ4n) is 2.61. The van der Waals surface area contributed by atoms with Gasteiger partial charge in [0.25, 0.3) is 5.91 Å². The molecule has 0 aromatic heterocycles. The molecule has 5 nitrogen and oxygen atoms in total. The van der Waals surface area contributed by atoms with Gasteiger partial charge in [-0.05, 0) is 37.0 Å². The van der Waals surface area contributed by atoms with Crippen molar-refractivity contribution in [3.05, 3.63) is 23.8 Å². The van der Waals surface area contributed by atoms with Crippen molar-refractivity contribution >= 4 is 17.3 Å². The third-order valence-corrected chi connectivity index (χ3v) is 3.78. The summed E-state index contributed by atoms with van der Waals surface area (Å²) in [5.74, 6) is 0.520. The minimum absolute atomic E-state index is 0.0844. The standard InChI is InChI=1S/C15H23N3O2/c1-17-15(19)13-4-3-12(16)9-14(13)18(2)10-11-5-7-20-8-6-11/h3-4,9,11H,5-8,10,16H2,1-2H3,(H,17,19). The molecule has 1 aromatic rings. The summed E-state index contributed by atoms with van der Waals surface area (Å²) in [7, 11) is 3.65. The maximum atomic E-state index is 11.9. The molecule has 2 rings (SSSR count). The third kappa shape index (κ3) is 3.42. The van der Waals surface area contributed by atoms with Gasteiger partial charge in [0, 0.05) is 39.5 Å². The lowest BCUT2D eigenvalue weighted by Crippen LogP contribution is -2.31. The molecule has 1 saturated heterocycles. The summed E-state index contributed by atoms with van der Waals surface area (Å²) in [6, 6.07) is 5.41. The number of hydrogen-bond donors (Lipinski definition) is 2. The number of carbonyl (C=O) groups excluding carboxylic acids is 1. The first kappa shape index (κ1) is 14.7. The van der Waals surface area contributed by atoms with E-state index in [9.17, 15) is 4.79 Å². The molecule has 1 heterocycles. The predicted molar refractivity (Wildman–Crippen MR) is 81.1 cm³/mol. The van der Waals surface area contributed by atoms with Crippen LogP contribution in [0, 0.1) is 5.92 Å². The molecule has 1 aliphatic rings. The van der Waals surface area contributed by atoms with Gasteiger partial charge in [-0.2, -0.15) is 0 Å². The summed E-state index contributed by atoms with van der Waals surface area (Å²) in [4.78, 5) is 14.1. The van der Waals surface area contributed by atoms with E-state index in [1.54, 1.807) is 19.2 Å². The number of benzene rings is 1. The van der Waals surface area contributed by atoms with Gasteiger partial charge in [0.15, 0.2) is 0 Å². The van der Waals surface area contributed by atoms with Crippen molar-refractivity contribution in [2.75, 3.05) is 44.5 Å². The zero-order chi connectivity index (χ0) is 14.5. The highest BCUT2D eigenvalue weighted by molar-refractivity contribution is 6.00. The van der Waals surface area contributed by atoms with Gasteiger partial charge in [-0.3, -0.25) is 4.79 Å². The van der Waals surface area contributed by atoms with Crippen molar-refractivity contribution in [2.45, 2.75) is 12.8 Å². The normalized spacial score (nSPS) is 15.9. The van der Waals surface area contributed by atoms with Crippen molar-refractivity contribution < 1.29 is 9.53 Å². The van der Waals surface area contributed by atoms with Gasteiger partial charge >= 0.3 is 0 Å². The molecule has 5 heteroatoms. The smallest absolute Gasteiger partial charge is 0.253 e. The number of nitrogens with two attached hydrogens (primary N) is 1. The number of nitrogen functional groups attached to an aromatic ring is 1. The molecule has 0 unspecified atom stereocenters. The van der Waals surface area contributed by atoms with E-state index in [1.165, 1.54) is 0 Å². The Morgan fingerprint density at radius 1 is 1.45 bits per heavy atom. The molecule has 20 heavy (non-hydrogen) atoms. The average Bonchev–Trinajstić information content (AvgIpc) is 2.47. The molecule has 3 N–H and O–H groups in total. The zero-order valence-corrected chi connectivity index (χ0v) is 12.2. The average molecular weight is 277 g/mol. The summed E-state index contributed by atoms with van der Waals surface area (Å²) < 4.78 is 5.38. The molecular weight excluding hydrogens is 254 g/mol. The Kier molecular flexibility index (Phi) is 4.84. The zero-order valence-electron chi connectivity index (χ0n) is 12.2. The molecule has 0 saturated carbocycles. The highest BCUT2D eigenvalue weighted by Crippen LogP contribution is 2.25. The van der Waals surface area contributed by atoms with Crippen LogP contribution in [0.2, 0.25) is 0 Å². The molecule has 1 aromatic carbocycles. The fourth-order valence-corrected chi connectivity index (χ4v) is 2.61. The molecule has 1 aliphatic heterocycles. The number of amides is 1. The Labute approximate surface area is 120 Å². The van der Waals surface area contributed by atoms with Crippen molar-refractivity contribution in [1.29, 1.82) is 0 Å². The first-order valence-corrected chi connectivity index (χ1v) is 7.02. The number of ether oxygens (including phenoxy) is 1. The predicted octanol–water partition coefficient (Wildman–Crippen LogP) is 1.49. The second-order valence-electron chi connectivity index (χ2n) is 5.29. The first-order chi connectivity index (χ1) is 9.61. The Morgan fingerprint density at radius 3 is 2.80 bits per heavy atom. The molecule has 1 fully saturated rings. The SMILES string of the molecule is CNC(=O)c1ccc(N)cc1N(C)CC1CCOCC1. The number of rotatable bonds is 4. The van der Waals surface area contributed by atoms with Gasteiger partial charge in [0.2, 0.25) is 0 Å². The summed E-state index contributed by atoms with van der Waals surface area (Å²) in [6.45, 7) is 2.58. The second-order valence-corrected chi connectivity index (χ2v) is 5.29. The van der Waals surface area contributed by atoms with Crippen LogP contribution in [-0.4, -0.2) is 39.8 Å². The molecule has 0 spiro atoms. The largest absolute Gasteiger partial charge is 0.399 e. The van der Waals surface area contributed by atoms with E-state index in [0.29, 0.717) is 17.2 Å². The van der Waals surface area contributed by atoms with E-state index in [4.69, 9.17) is 10.5 Å². The van der Waals surface area contributed by atoms with E-state index >= 15 is 0 Å². The van der Waals surface area contributed by atoms with Crippen LogP contribution in [0.1, 0.15) is 23.2 Å². The third-order valence-electron chi connectivity index (χ3n) is 3.78. The fraction of sp³-hybridized carbons (Fsp3) is 0.533. The minimum atomic E-state index is -0.0844. The number of nitrogens with zero attached hydrogens (tertiary/aromatic N) is 1. The number of anilines is 2. The van der Waals surface area contributed by atoms with Crippen LogP contribution in [0.25, 0.3) is 0 Å². The van der Waals surface area contributed by atoms with Crippen LogP contribution in [0.15, 0.2) is 18.2 Å². The lowest BCUT2D eigenvalue weighted by molar-refractivity contribution is 0.0685. The monoisotopic (exact) mass is 277 g/mol. The Bertz CT molecular complexity index is 470. The van der Waals surface area contributed by atoms with E-state index in [2.05, 4.69) is 10.2 Å². The van der Waals surface area contributed by atoms with E-state index in [-0.39, 0.29) is 5.91 Å². The first-order valence-electron chi connectivity index (χ1n) is 7.02. The van der Waals surface area contributed by atoms with Crippen molar-refractivity contribution in [1.82, 2.24) is 5.32 Å². The van der Waals surface area contributed by atoms with Gasteiger partial charge < -0.3 is 20.7 Å². The van der Waals surface area contributed by atoms with Crippen molar-refractivity contribution in [3.8, 4) is 0 Å². The summed E-state index contributed by atoms with van der Waals surface area (Å²) in [6.07, 6.45) is 2.14. The van der Waals surface area contributed by atoms with Crippen LogP contribution in [0.4, 0.5) is 11.4 Å². The Hall–Kier alpha value is -1.75. The van der Waals surface area contributed by atoms with Crippen LogP contribution < -0.4 is 16.0 Å². The van der Waals surface area contributed by atoms with Gasteiger partial charge in [0.1, 0.15) is 0 Å². The molecule has 0 atom stereocenters. The van der Waals surface area contributed by atoms with E-state index < -0.39 is 0 Å². The van der Waals surface area contributed by atoms with Gasteiger partial charge in [-0.25, -0.2) is 0 Å². The van der Waals surface area contributed by atoms with E-state index in [0.717, 1.165) is 38.3 Å². The summed E-state index contributed by atoms with van der Waals surface area (Å²) in [5.41, 5.74) is 8.08.